The van der Waals surface area contributed by atoms with Crippen LogP contribution in [0.4, 0.5) is 0 Å². The Morgan fingerprint density at radius 3 is 2.50 bits per heavy atom. The van der Waals surface area contributed by atoms with Crippen molar-refractivity contribution >= 4 is 11.8 Å². The first kappa shape index (κ1) is 10.1. The van der Waals surface area contributed by atoms with Crippen molar-refractivity contribution in [1.82, 2.24) is 0 Å². The second-order valence-electron chi connectivity index (χ2n) is 6.04. The molecule has 1 spiro atoms. The lowest BCUT2D eigenvalue weighted by atomic mass is 9.45. The highest BCUT2D eigenvalue weighted by Gasteiger charge is 2.66. The van der Waals surface area contributed by atoms with Crippen LogP contribution in [0.2, 0.25) is 0 Å². The Hall–Kier alpha value is -1.12. The van der Waals surface area contributed by atoms with Crippen LogP contribution in [0.3, 0.4) is 0 Å². The van der Waals surface area contributed by atoms with Gasteiger partial charge in [0.1, 0.15) is 0 Å². The Labute approximate surface area is 94.8 Å². The highest BCUT2D eigenvalue weighted by Crippen LogP contribution is 2.62. The molecule has 3 nitrogen and oxygen atoms in total. The number of ether oxygens (including phenoxy) is 1. The van der Waals surface area contributed by atoms with Crippen molar-refractivity contribution in [2.75, 3.05) is 0 Å². The van der Waals surface area contributed by atoms with E-state index in [1.54, 1.807) is 0 Å². The highest BCUT2D eigenvalue weighted by molar-refractivity contribution is 6.01. The minimum atomic E-state index is -0.836. The van der Waals surface area contributed by atoms with Gasteiger partial charge in [-0.3, -0.25) is 4.79 Å². The summed E-state index contributed by atoms with van der Waals surface area (Å²) in [5.74, 6) is 0.332. The number of carbonyl (C=O) groups excluding carboxylic acids is 2. The third kappa shape index (κ3) is 0.944. The molecule has 3 unspecified atom stereocenters. The Morgan fingerprint density at radius 1 is 1.38 bits per heavy atom. The van der Waals surface area contributed by atoms with Gasteiger partial charge in [0.2, 0.25) is 0 Å². The maximum Gasteiger partial charge on any atom is 0.334 e. The average Bonchev–Trinajstić information content (AvgIpc) is 2.47. The van der Waals surface area contributed by atoms with Gasteiger partial charge in [0.15, 0.2) is 11.4 Å². The molecule has 0 amide bonds. The lowest BCUT2D eigenvalue weighted by molar-refractivity contribution is -0.190. The second-order valence-corrected chi connectivity index (χ2v) is 6.04. The van der Waals surface area contributed by atoms with Gasteiger partial charge in [-0.15, -0.1) is 0 Å². The molecule has 3 aliphatic carbocycles. The topological polar surface area (TPSA) is 43.4 Å². The van der Waals surface area contributed by atoms with E-state index in [-0.39, 0.29) is 23.1 Å². The zero-order chi connectivity index (χ0) is 11.7. The second kappa shape index (κ2) is 2.58. The van der Waals surface area contributed by atoms with E-state index in [4.69, 9.17) is 4.74 Å². The van der Waals surface area contributed by atoms with E-state index in [0.29, 0.717) is 24.3 Å². The first-order valence-electron chi connectivity index (χ1n) is 5.82. The van der Waals surface area contributed by atoms with Crippen LogP contribution in [0.25, 0.3) is 0 Å². The molecular weight excluding hydrogens is 204 g/mol. The normalized spacial score (nSPS) is 44.5. The molecule has 2 bridgehead atoms. The van der Waals surface area contributed by atoms with Crippen LogP contribution in [0.5, 0.6) is 0 Å². The SMILES string of the molecule is C=C1CC2(CC3CC(C2=O)C3(C)C)OC1=O. The lowest BCUT2D eigenvalue weighted by Crippen LogP contribution is -2.63. The monoisotopic (exact) mass is 220 g/mol. The van der Waals surface area contributed by atoms with Crippen LogP contribution in [0.15, 0.2) is 12.2 Å². The Bertz CT molecular complexity index is 403. The van der Waals surface area contributed by atoms with E-state index < -0.39 is 5.60 Å². The fraction of sp³-hybridized carbons (Fsp3) is 0.692. The summed E-state index contributed by atoms with van der Waals surface area (Å²) in [7, 11) is 0. The number of esters is 1. The predicted molar refractivity (Wildman–Crippen MR) is 57.6 cm³/mol. The summed E-state index contributed by atoms with van der Waals surface area (Å²) in [5.41, 5.74) is -0.289. The van der Waals surface area contributed by atoms with Crippen LogP contribution in [-0.2, 0) is 14.3 Å². The molecule has 0 aromatic carbocycles. The standard InChI is InChI=1S/C13H16O3/c1-7-5-13(16-11(7)15)6-8-4-9(10(13)14)12(8,2)3/h8-9H,1,4-6H2,2-3H3. The van der Waals surface area contributed by atoms with Crippen molar-refractivity contribution in [3.05, 3.63) is 12.2 Å². The number of Topliss-reactive ketones (excluding diaryl/α,β-unsaturated/α-hetero) is 1. The zero-order valence-corrected chi connectivity index (χ0v) is 9.71. The maximum atomic E-state index is 12.4. The van der Waals surface area contributed by atoms with Gasteiger partial charge in [-0.1, -0.05) is 20.4 Å². The molecule has 1 heterocycles. The molecular formula is C13H16O3. The van der Waals surface area contributed by atoms with E-state index in [1.165, 1.54) is 0 Å². The van der Waals surface area contributed by atoms with Crippen LogP contribution in [0, 0.1) is 17.3 Å². The third-order valence-electron chi connectivity index (χ3n) is 4.89. The first-order valence-corrected chi connectivity index (χ1v) is 5.82. The molecule has 86 valence electrons. The van der Waals surface area contributed by atoms with Gasteiger partial charge in [-0.2, -0.15) is 0 Å². The lowest BCUT2D eigenvalue weighted by Gasteiger charge is -2.59. The molecule has 16 heavy (non-hydrogen) atoms. The average molecular weight is 220 g/mol. The van der Waals surface area contributed by atoms with Gasteiger partial charge < -0.3 is 4.74 Å². The molecule has 1 aliphatic heterocycles. The minimum absolute atomic E-state index is 0.0740. The fourth-order valence-corrected chi connectivity index (χ4v) is 3.58. The predicted octanol–water partition coefficient (Wildman–Crippen LogP) is 1.86. The van der Waals surface area contributed by atoms with Crippen molar-refractivity contribution in [2.24, 2.45) is 17.3 Å². The van der Waals surface area contributed by atoms with Crippen LogP contribution in [0.1, 0.15) is 33.1 Å². The van der Waals surface area contributed by atoms with Crippen LogP contribution in [-0.4, -0.2) is 17.4 Å². The van der Waals surface area contributed by atoms with Crippen molar-refractivity contribution < 1.29 is 14.3 Å². The van der Waals surface area contributed by atoms with Gasteiger partial charge in [0, 0.05) is 17.9 Å². The van der Waals surface area contributed by atoms with E-state index in [1.807, 2.05) is 0 Å². The smallest absolute Gasteiger partial charge is 0.334 e. The summed E-state index contributed by atoms with van der Waals surface area (Å²) in [6.07, 6.45) is 2.07. The molecule has 0 N–H and O–H groups in total. The number of ketones is 1. The van der Waals surface area contributed by atoms with Crippen molar-refractivity contribution in [3.63, 3.8) is 0 Å². The van der Waals surface area contributed by atoms with Gasteiger partial charge in [0.25, 0.3) is 0 Å². The molecule has 3 heteroatoms. The molecule has 4 aliphatic rings. The van der Waals surface area contributed by atoms with Gasteiger partial charge in [0.05, 0.1) is 0 Å². The molecule has 3 saturated carbocycles. The zero-order valence-electron chi connectivity index (χ0n) is 9.71. The minimum Gasteiger partial charge on any atom is -0.447 e. The summed E-state index contributed by atoms with van der Waals surface area (Å²) in [6, 6.07) is 0. The van der Waals surface area contributed by atoms with Gasteiger partial charge in [-0.25, -0.2) is 4.79 Å². The van der Waals surface area contributed by atoms with E-state index >= 15 is 0 Å². The third-order valence-corrected chi connectivity index (χ3v) is 4.89. The summed E-state index contributed by atoms with van der Waals surface area (Å²) in [5, 5.41) is 0. The van der Waals surface area contributed by atoms with Crippen molar-refractivity contribution in [2.45, 2.75) is 38.7 Å². The summed E-state index contributed by atoms with van der Waals surface area (Å²) >= 11 is 0. The summed E-state index contributed by atoms with van der Waals surface area (Å²) in [4.78, 5) is 23.8. The highest BCUT2D eigenvalue weighted by atomic mass is 16.6. The van der Waals surface area contributed by atoms with E-state index in [9.17, 15) is 9.59 Å². The number of hydrogen-bond acceptors (Lipinski definition) is 3. The Morgan fingerprint density at radius 2 is 2.06 bits per heavy atom. The quantitative estimate of drug-likeness (QED) is 0.462. The molecule has 0 aromatic rings. The largest absolute Gasteiger partial charge is 0.447 e. The number of rotatable bonds is 0. The molecule has 4 rings (SSSR count). The molecule has 4 fully saturated rings. The summed E-state index contributed by atoms with van der Waals surface area (Å²) < 4.78 is 5.32. The maximum absolute atomic E-state index is 12.4. The van der Waals surface area contributed by atoms with Crippen molar-refractivity contribution in [1.29, 1.82) is 0 Å². The van der Waals surface area contributed by atoms with Crippen LogP contribution >= 0.6 is 0 Å². The number of hydrogen-bond donors (Lipinski definition) is 0. The van der Waals surface area contributed by atoms with Crippen LogP contribution < -0.4 is 0 Å². The molecule has 0 radical (unpaired) electrons. The van der Waals surface area contributed by atoms with Gasteiger partial charge in [-0.05, 0) is 24.2 Å². The first-order chi connectivity index (χ1) is 7.37. The summed E-state index contributed by atoms with van der Waals surface area (Å²) in [6.45, 7) is 7.95. The molecule has 3 atom stereocenters. The molecule has 1 saturated heterocycles. The Kier molecular flexibility index (Phi) is 1.62. The fourth-order valence-electron chi connectivity index (χ4n) is 3.58. The Balaban J connectivity index is 1.95. The van der Waals surface area contributed by atoms with E-state index in [0.717, 1.165) is 6.42 Å². The van der Waals surface area contributed by atoms with Crippen molar-refractivity contribution in [3.8, 4) is 0 Å². The van der Waals surface area contributed by atoms with Gasteiger partial charge >= 0.3 is 5.97 Å². The molecule has 0 aromatic heterocycles. The number of carbonyl (C=O) groups is 2. The van der Waals surface area contributed by atoms with E-state index in [2.05, 4.69) is 20.4 Å².